The summed E-state index contributed by atoms with van der Waals surface area (Å²) in [6.45, 7) is 0.611. The molecule has 0 bridgehead atoms. The average Bonchev–Trinajstić information content (AvgIpc) is 2.46. The van der Waals surface area contributed by atoms with E-state index >= 15 is 0 Å². The van der Waals surface area contributed by atoms with Gasteiger partial charge >= 0.3 is 5.97 Å². The fraction of sp³-hybridized carbons (Fsp3) is 0.429. The lowest BCUT2D eigenvalue weighted by molar-refractivity contribution is -0.146. The molecule has 5 nitrogen and oxygen atoms in total. The van der Waals surface area contributed by atoms with Crippen LogP contribution in [0.3, 0.4) is 0 Å². The van der Waals surface area contributed by atoms with Gasteiger partial charge in [-0.2, -0.15) is 0 Å². The van der Waals surface area contributed by atoms with Crippen molar-refractivity contribution in [3.8, 4) is 5.75 Å². The maximum atomic E-state index is 12.1. The van der Waals surface area contributed by atoms with Crippen LogP contribution in [0.5, 0.6) is 5.75 Å². The van der Waals surface area contributed by atoms with Gasteiger partial charge in [-0.1, -0.05) is 23.2 Å². The number of aliphatic carboxylic acids is 1. The summed E-state index contributed by atoms with van der Waals surface area (Å²) in [4.78, 5) is 24.6. The first kappa shape index (κ1) is 15.9. The summed E-state index contributed by atoms with van der Waals surface area (Å²) in [5.74, 6) is -1.23. The zero-order chi connectivity index (χ0) is 15.4. The predicted molar refractivity (Wildman–Crippen MR) is 78.9 cm³/mol. The lowest BCUT2D eigenvalue weighted by Crippen LogP contribution is -2.44. The van der Waals surface area contributed by atoms with Crippen molar-refractivity contribution in [2.45, 2.75) is 12.8 Å². The molecule has 21 heavy (non-hydrogen) atoms. The third kappa shape index (κ3) is 4.25. The number of carbonyl (C=O) groups excluding carboxylic acids is 1. The lowest BCUT2D eigenvalue weighted by Gasteiger charge is -2.30. The molecular weight excluding hydrogens is 317 g/mol. The lowest BCUT2D eigenvalue weighted by atomic mass is 9.98. The molecule has 1 fully saturated rings. The van der Waals surface area contributed by atoms with Crippen molar-refractivity contribution in [3.63, 3.8) is 0 Å². The van der Waals surface area contributed by atoms with E-state index < -0.39 is 11.9 Å². The minimum atomic E-state index is -0.867. The Morgan fingerprint density at radius 1 is 1.38 bits per heavy atom. The van der Waals surface area contributed by atoms with E-state index in [1.165, 1.54) is 11.0 Å². The minimum Gasteiger partial charge on any atom is -0.482 e. The first-order chi connectivity index (χ1) is 9.97. The Morgan fingerprint density at radius 2 is 2.14 bits per heavy atom. The molecule has 1 aliphatic heterocycles. The Morgan fingerprint density at radius 3 is 2.81 bits per heavy atom. The molecule has 1 aromatic carbocycles. The topological polar surface area (TPSA) is 66.8 Å². The fourth-order valence-corrected chi connectivity index (χ4v) is 2.69. The highest BCUT2D eigenvalue weighted by molar-refractivity contribution is 6.35. The summed E-state index contributed by atoms with van der Waals surface area (Å²) in [5, 5.41) is 9.83. The molecule has 114 valence electrons. The Balaban J connectivity index is 1.90. The number of amides is 1. The number of hydrogen-bond donors (Lipinski definition) is 1. The Hall–Kier alpha value is -1.46. The van der Waals surface area contributed by atoms with Gasteiger partial charge in [-0.15, -0.1) is 0 Å². The quantitative estimate of drug-likeness (QED) is 0.921. The number of carboxylic acids is 1. The molecule has 0 spiro atoms. The minimum absolute atomic E-state index is 0.173. The molecular formula is C14H15Cl2NO4. The largest absolute Gasteiger partial charge is 0.482 e. The Kier molecular flexibility index (Phi) is 5.31. The number of halogens is 2. The molecule has 1 aliphatic rings. The highest BCUT2D eigenvalue weighted by Gasteiger charge is 2.28. The van der Waals surface area contributed by atoms with E-state index in [2.05, 4.69) is 0 Å². The average molecular weight is 332 g/mol. The molecule has 1 unspecified atom stereocenters. The van der Waals surface area contributed by atoms with E-state index in [4.69, 9.17) is 33.0 Å². The van der Waals surface area contributed by atoms with Crippen molar-refractivity contribution in [1.82, 2.24) is 4.90 Å². The molecule has 0 radical (unpaired) electrons. The van der Waals surface area contributed by atoms with Crippen molar-refractivity contribution in [2.24, 2.45) is 5.92 Å². The first-order valence-corrected chi connectivity index (χ1v) is 7.31. The van der Waals surface area contributed by atoms with Crippen LogP contribution in [-0.4, -0.2) is 41.6 Å². The van der Waals surface area contributed by atoms with Gasteiger partial charge in [0.1, 0.15) is 5.75 Å². The van der Waals surface area contributed by atoms with Crippen LogP contribution < -0.4 is 4.74 Å². The monoisotopic (exact) mass is 331 g/mol. The van der Waals surface area contributed by atoms with E-state index in [9.17, 15) is 9.59 Å². The molecule has 0 aromatic heterocycles. The SMILES string of the molecule is O=C(O)C1CCCN(C(=O)COc2ccc(Cl)cc2Cl)C1. The Labute approximate surface area is 132 Å². The molecule has 1 N–H and O–H groups in total. The zero-order valence-electron chi connectivity index (χ0n) is 11.2. The second-order valence-corrected chi connectivity index (χ2v) is 5.72. The summed E-state index contributed by atoms with van der Waals surface area (Å²) in [7, 11) is 0. The van der Waals surface area contributed by atoms with Gasteiger partial charge < -0.3 is 14.7 Å². The van der Waals surface area contributed by atoms with Crippen LogP contribution in [0.1, 0.15) is 12.8 Å². The second kappa shape index (κ2) is 7.00. The number of benzene rings is 1. The van der Waals surface area contributed by atoms with Crippen LogP contribution in [0.15, 0.2) is 18.2 Å². The maximum absolute atomic E-state index is 12.1. The van der Waals surface area contributed by atoms with Crippen LogP contribution in [0.4, 0.5) is 0 Å². The Bertz CT molecular complexity index is 550. The smallest absolute Gasteiger partial charge is 0.308 e. The van der Waals surface area contributed by atoms with Crippen LogP contribution in [0.25, 0.3) is 0 Å². The van der Waals surface area contributed by atoms with Crippen molar-refractivity contribution < 1.29 is 19.4 Å². The van der Waals surface area contributed by atoms with Gasteiger partial charge in [0.05, 0.1) is 10.9 Å². The van der Waals surface area contributed by atoms with Gasteiger partial charge in [0.2, 0.25) is 0 Å². The standard InChI is InChI=1S/C14H15Cl2NO4/c15-10-3-4-12(11(16)6-10)21-8-13(18)17-5-1-2-9(7-17)14(19)20/h3-4,6,9H,1-2,5,7-8H2,(H,19,20). The number of ether oxygens (including phenoxy) is 1. The van der Waals surface area contributed by atoms with E-state index in [1.54, 1.807) is 12.1 Å². The molecule has 1 aromatic rings. The number of hydrogen-bond acceptors (Lipinski definition) is 3. The molecule has 1 saturated heterocycles. The van der Waals surface area contributed by atoms with Crippen molar-refractivity contribution in [1.29, 1.82) is 0 Å². The number of rotatable bonds is 4. The highest BCUT2D eigenvalue weighted by atomic mass is 35.5. The van der Waals surface area contributed by atoms with Crippen LogP contribution >= 0.6 is 23.2 Å². The number of carboxylic acid groups (broad SMARTS) is 1. The summed E-state index contributed by atoms with van der Waals surface area (Å²) < 4.78 is 5.37. The summed E-state index contributed by atoms with van der Waals surface area (Å²) in [6.07, 6.45) is 1.29. The summed E-state index contributed by atoms with van der Waals surface area (Å²) in [6, 6.07) is 4.74. The normalized spacial score (nSPS) is 18.4. The van der Waals surface area contributed by atoms with Crippen LogP contribution in [0.2, 0.25) is 10.0 Å². The van der Waals surface area contributed by atoms with Gasteiger partial charge in [0, 0.05) is 18.1 Å². The third-order valence-electron chi connectivity index (χ3n) is 3.37. The molecule has 7 heteroatoms. The summed E-state index contributed by atoms with van der Waals surface area (Å²) >= 11 is 11.7. The zero-order valence-corrected chi connectivity index (χ0v) is 12.7. The van der Waals surface area contributed by atoms with Gasteiger partial charge in [0.15, 0.2) is 6.61 Å². The molecule has 1 amide bonds. The first-order valence-electron chi connectivity index (χ1n) is 6.56. The number of likely N-dealkylation sites (tertiary alicyclic amines) is 1. The molecule has 2 rings (SSSR count). The van der Waals surface area contributed by atoms with Crippen molar-refractivity contribution >= 4 is 35.1 Å². The van der Waals surface area contributed by atoms with E-state index in [-0.39, 0.29) is 19.1 Å². The maximum Gasteiger partial charge on any atom is 0.308 e. The van der Waals surface area contributed by atoms with Gasteiger partial charge in [-0.05, 0) is 31.0 Å². The predicted octanol–water partition coefficient (Wildman–Crippen LogP) is 2.70. The molecule has 1 atom stereocenters. The van der Waals surface area contributed by atoms with E-state index in [1.807, 2.05) is 0 Å². The number of carbonyl (C=O) groups is 2. The third-order valence-corrected chi connectivity index (χ3v) is 3.90. The molecule has 1 heterocycles. The van der Waals surface area contributed by atoms with Crippen molar-refractivity contribution in [2.75, 3.05) is 19.7 Å². The summed E-state index contributed by atoms with van der Waals surface area (Å²) in [5.41, 5.74) is 0. The van der Waals surface area contributed by atoms with Crippen LogP contribution in [-0.2, 0) is 9.59 Å². The number of nitrogens with zero attached hydrogens (tertiary/aromatic N) is 1. The highest BCUT2D eigenvalue weighted by Crippen LogP contribution is 2.27. The second-order valence-electron chi connectivity index (χ2n) is 4.88. The fourth-order valence-electron chi connectivity index (χ4n) is 2.23. The van der Waals surface area contributed by atoms with Gasteiger partial charge in [-0.25, -0.2) is 0 Å². The number of piperidine rings is 1. The van der Waals surface area contributed by atoms with Gasteiger partial charge in [0.25, 0.3) is 5.91 Å². The molecule has 0 saturated carbocycles. The van der Waals surface area contributed by atoms with E-state index in [0.717, 1.165) is 0 Å². The van der Waals surface area contributed by atoms with E-state index in [0.29, 0.717) is 35.2 Å². The molecule has 0 aliphatic carbocycles. The van der Waals surface area contributed by atoms with Crippen molar-refractivity contribution in [3.05, 3.63) is 28.2 Å². The van der Waals surface area contributed by atoms with Gasteiger partial charge in [-0.3, -0.25) is 9.59 Å². The van der Waals surface area contributed by atoms with Crippen LogP contribution in [0, 0.1) is 5.92 Å².